The maximum Gasteiger partial charge on any atom is 0.303 e. The zero-order valence-corrected chi connectivity index (χ0v) is 9.96. The Hall–Kier alpha value is -2.11. The zero-order chi connectivity index (χ0) is 13.4. The van der Waals surface area contributed by atoms with Crippen molar-refractivity contribution < 1.29 is 19.4 Å². The number of nitrogens with zero attached hydrogens (tertiary/aromatic N) is 1. The van der Waals surface area contributed by atoms with Gasteiger partial charge in [0.15, 0.2) is 12.4 Å². The first-order valence-corrected chi connectivity index (χ1v) is 5.78. The van der Waals surface area contributed by atoms with Crippen LogP contribution in [0.4, 0.5) is 0 Å². The molecule has 0 aliphatic rings. The number of hydrogen-bond acceptors (Lipinski definition) is 3. The maximum absolute atomic E-state index is 11.6. The van der Waals surface area contributed by atoms with Crippen LogP contribution in [-0.4, -0.2) is 23.5 Å². The quantitative estimate of drug-likeness (QED) is 0.424. The van der Waals surface area contributed by atoms with Gasteiger partial charge in [-0.1, -0.05) is 6.42 Å². The molecule has 18 heavy (non-hydrogen) atoms. The molecule has 0 aliphatic heterocycles. The topological polar surface area (TPSA) is 93.3 Å². The lowest BCUT2D eigenvalue weighted by atomic mass is 10.2. The molecule has 98 valence electrons. The van der Waals surface area contributed by atoms with Gasteiger partial charge in [-0.05, 0) is 12.8 Å². The lowest BCUT2D eigenvalue weighted by Crippen LogP contribution is -2.28. The van der Waals surface area contributed by atoms with Crippen molar-refractivity contribution in [3.05, 3.63) is 35.3 Å². The Morgan fingerprint density at radius 3 is 2.50 bits per heavy atom. The molecule has 0 unspecified atom stereocenters. The summed E-state index contributed by atoms with van der Waals surface area (Å²) in [6, 6.07) is 2.90. The second-order valence-corrected chi connectivity index (χ2v) is 3.91. The Kier molecular flexibility index (Phi) is 5.63. The third kappa shape index (κ3) is 5.29. The third-order valence-electron chi connectivity index (χ3n) is 2.42. The number of unbranched alkanes of at least 4 members (excludes halogenated alkanes) is 2. The van der Waals surface area contributed by atoms with Gasteiger partial charge >= 0.3 is 5.97 Å². The van der Waals surface area contributed by atoms with Crippen LogP contribution in [0, 0.1) is 5.21 Å². The molecule has 1 amide bonds. The number of carboxylic acid groups (broad SMARTS) is 1. The molecule has 1 heterocycles. The molecule has 6 nitrogen and oxygen atoms in total. The average molecular weight is 252 g/mol. The van der Waals surface area contributed by atoms with Crippen molar-refractivity contribution in [3.63, 3.8) is 0 Å². The summed E-state index contributed by atoms with van der Waals surface area (Å²) < 4.78 is 0.614. The highest BCUT2D eigenvalue weighted by Gasteiger charge is 2.05. The van der Waals surface area contributed by atoms with E-state index in [0.29, 0.717) is 23.3 Å². The monoisotopic (exact) mass is 252 g/mol. The molecule has 0 atom stereocenters. The highest BCUT2D eigenvalue weighted by Crippen LogP contribution is 1.99. The number of carbonyl (C=O) groups excluding carboxylic acids is 1. The predicted molar refractivity (Wildman–Crippen MR) is 63.8 cm³/mol. The Bertz CT molecular complexity index is 403. The number of carboxylic acids is 1. The number of pyridine rings is 1. The van der Waals surface area contributed by atoms with E-state index in [0.717, 1.165) is 12.8 Å². The van der Waals surface area contributed by atoms with Gasteiger partial charge in [-0.25, -0.2) is 0 Å². The first-order valence-electron chi connectivity index (χ1n) is 5.78. The molecule has 0 aromatic carbocycles. The summed E-state index contributed by atoms with van der Waals surface area (Å²) in [4.78, 5) is 21.8. The van der Waals surface area contributed by atoms with E-state index in [2.05, 4.69) is 5.32 Å². The van der Waals surface area contributed by atoms with Crippen molar-refractivity contribution >= 4 is 11.9 Å². The molecule has 0 saturated heterocycles. The molecule has 0 radical (unpaired) electrons. The van der Waals surface area contributed by atoms with Crippen LogP contribution in [0.1, 0.15) is 36.0 Å². The summed E-state index contributed by atoms with van der Waals surface area (Å²) in [7, 11) is 0. The number of carbonyl (C=O) groups is 2. The maximum atomic E-state index is 11.6. The highest BCUT2D eigenvalue weighted by molar-refractivity contribution is 5.93. The number of aliphatic carboxylic acids is 1. The lowest BCUT2D eigenvalue weighted by molar-refractivity contribution is -0.605. The summed E-state index contributed by atoms with van der Waals surface area (Å²) in [5.74, 6) is -1.02. The van der Waals surface area contributed by atoms with Crippen LogP contribution in [-0.2, 0) is 4.79 Å². The highest BCUT2D eigenvalue weighted by atomic mass is 16.5. The van der Waals surface area contributed by atoms with E-state index in [-0.39, 0.29) is 12.3 Å². The van der Waals surface area contributed by atoms with E-state index in [1.807, 2.05) is 0 Å². The Morgan fingerprint density at radius 1 is 1.22 bits per heavy atom. The van der Waals surface area contributed by atoms with Crippen molar-refractivity contribution in [1.29, 1.82) is 0 Å². The number of amides is 1. The summed E-state index contributed by atoms with van der Waals surface area (Å²) in [5.41, 5.74) is 0.438. The third-order valence-corrected chi connectivity index (χ3v) is 2.42. The minimum atomic E-state index is -0.797. The molecule has 1 aromatic heterocycles. The SMILES string of the molecule is O=C(O)CCCCCNC(=O)c1cc[n+]([O-])cc1. The summed E-state index contributed by atoms with van der Waals surface area (Å²) in [6.07, 6.45) is 4.82. The summed E-state index contributed by atoms with van der Waals surface area (Å²) in [6.45, 7) is 0.505. The molecule has 1 rings (SSSR count). The molecule has 0 spiro atoms. The van der Waals surface area contributed by atoms with Crippen LogP contribution in [0.3, 0.4) is 0 Å². The molecular formula is C12H16N2O4. The van der Waals surface area contributed by atoms with Gasteiger partial charge in [0.2, 0.25) is 0 Å². The summed E-state index contributed by atoms with van der Waals surface area (Å²) >= 11 is 0. The van der Waals surface area contributed by atoms with Crippen LogP contribution >= 0.6 is 0 Å². The number of hydrogen-bond donors (Lipinski definition) is 2. The fraction of sp³-hybridized carbons (Fsp3) is 0.417. The normalized spacial score (nSPS) is 10.0. The largest absolute Gasteiger partial charge is 0.619 e. The Labute approximate surface area is 105 Å². The second-order valence-electron chi connectivity index (χ2n) is 3.91. The van der Waals surface area contributed by atoms with Crippen molar-refractivity contribution in [2.75, 3.05) is 6.54 Å². The van der Waals surface area contributed by atoms with E-state index in [4.69, 9.17) is 5.11 Å². The van der Waals surface area contributed by atoms with E-state index >= 15 is 0 Å². The lowest BCUT2D eigenvalue weighted by Gasteiger charge is -2.04. The van der Waals surface area contributed by atoms with Gasteiger partial charge in [-0.2, -0.15) is 4.73 Å². The molecule has 0 saturated carbocycles. The van der Waals surface area contributed by atoms with Gasteiger partial charge < -0.3 is 15.6 Å². The predicted octanol–water partition coefficient (Wildman–Crippen LogP) is 0.695. The Morgan fingerprint density at radius 2 is 1.89 bits per heavy atom. The van der Waals surface area contributed by atoms with Crippen LogP contribution < -0.4 is 10.0 Å². The first kappa shape index (κ1) is 14.0. The standard InChI is InChI=1S/C12H16N2O4/c15-11(16)4-2-1-3-7-13-12(17)10-5-8-14(18)9-6-10/h5-6,8-9H,1-4,7H2,(H,13,17)(H,15,16). The smallest absolute Gasteiger partial charge is 0.303 e. The van der Waals surface area contributed by atoms with Gasteiger partial charge in [-0.3, -0.25) is 9.59 Å². The first-order chi connectivity index (χ1) is 8.59. The van der Waals surface area contributed by atoms with Crippen LogP contribution in [0.15, 0.2) is 24.5 Å². The molecular weight excluding hydrogens is 236 g/mol. The van der Waals surface area contributed by atoms with Crippen LogP contribution in [0.5, 0.6) is 0 Å². The summed E-state index contributed by atoms with van der Waals surface area (Å²) in [5, 5.41) is 21.9. The van der Waals surface area contributed by atoms with Crippen molar-refractivity contribution in [3.8, 4) is 0 Å². The fourth-order valence-electron chi connectivity index (χ4n) is 1.45. The van der Waals surface area contributed by atoms with Crippen LogP contribution in [0.25, 0.3) is 0 Å². The number of nitrogens with one attached hydrogen (secondary N) is 1. The molecule has 2 N–H and O–H groups in total. The second kappa shape index (κ2) is 7.26. The van der Waals surface area contributed by atoms with E-state index in [9.17, 15) is 14.8 Å². The van der Waals surface area contributed by atoms with Gasteiger partial charge in [0, 0.05) is 25.1 Å². The van der Waals surface area contributed by atoms with Crippen molar-refractivity contribution in [2.45, 2.75) is 25.7 Å². The minimum Gasteiger partial charge on any atom is -0.619 e. The van der Waals surface area contributed by atoms with Gasteiger partial charge in [-0.15, -0.1) is 0 Å². The van der Waals surface area contributed by atoms with Gasteiger partial charge in [0.05, 0.1) is 5.56 Å². The minimum absolute atomic E-state index is 0.163. The molecule has 0 aliphatic carbocycles. The van der Waals surface area contributed by atoms with Gasteiger partial charge in [0.25, 0.3) is 5.91 Å². The molecule has 0 bridgehead atoms. The van der Waals surface area contributed by atoms with Gasteiger partial charge in [0.1, 0.15) is 0 Å². The van der Waals surface area contributed by atoms with E-state index in [1.165, 1.54) is 24.5 Å². The number of rotatable bonds is 7. The van der Waals surface area contributed by atoms with E-state index < -0.39 is 5.97 Å². The Balaban J connectivity index is 2.17. The molecule has 6 heteroatoms. The molecule has 0 fully saturated rings. The van der Waals surface area contributed by atoms with E-state index in [1.54, 1.807) is 0 Å². The number of aromatic nitrogens is 1. The average Bonchev–Trinajstić information content (AvgIpc) is 2.34. The molecule has 1 aromatic rings. The van der Waals surface area contributed by atoms with Crippen molar-refractivity contribution in [2.24, 2.45) is 0 Å². The van der Waals surface area contributed by atoms with Crippen molar-refractivity contribution in [1.82, 2.24) is 5.32 Å². The van der Waals surface area contributed by atoms with Crippen LogP contribution in [0.2, 0.25) is 0 Å². The zero-order valence-electron chi connectivity index (χ0n) is 9.96. The fourth-order valence-corrected chi connectivity index (χ4v) is 1.45.